The largest absolute Gasteiger partial charge is 0.346 e. The van der Waals surface area contributed by atoms with Crippen molar-refractivity contribution in [3.63, 3.8) is 0 Å². The van der Waals surface area contributed by atoms with E-state index in [0.717, 1.165) is 23.9 Å². The second-order valence-electron chi connectivity index (χ2n) is 3.19. The molecule has 0 radical (unpaired) electrons. The number of hydrogen-bond acceptors (Lipinski definition) is 4. The standard InChI is InChI=1S/C8H13N3S/c1-6-5-12-8(10-6)11(2)7-3-9-4-7/h5,7,9H,3-4H2,1-2H3. The van der Waals surface area contributed by atoms with Gasteiger partial charge < -0.3 is 10.2 Å². The fourth-order valence-electron chi connectivity index (χ4n) is 1.21. The molecule has 1 fully saturated rings. The zero-order chi connectivity index (χ0) is 8.55. The minimum atomic E-state index is 0.649. The number of rotatable bonds is 2. The van der Waals surface area contributed by atoms with E-state index < -0.39 is 0 Å². The van der Waals surface area contributed by atoms with Gasteiger partial charge in [-0.25, -0.2) is 4.98 Å². The number of aromatic nitrogens is 1. The van der Waals surface area contributed by atoms with Crippen molar-refractivity contribution in [2.24, 2.45) is 0 Å². The zero-order valence-electron chi connectivity index (χ0n) is 7.37. The van der Waals surface area contributed by atoms with E-state index in [-0.39, 0.29) is 0 Å². The van der Waals surface area contributed by atoms with Gasteiger partial charge in [0.1, 0.15) is 0 Å². The van der Waals surface area contributed by atoms with Crippen LogP contribution in [-0.2, 0) is 0 Å². The lowest BCUT2D eigenvalue weighted by molar-refractivity contribution is 0.428. The molecule has 2 rings (SSSR count). The number of thiazole rings is 1. The van der Waals surface area contributed by atoms with Crippen LogP contribution in [0.3, 0.4) is 0 Å². The highest BCUT2D eigenvalue weighted by Crippen LogP contribution is 2.21. The van der Waals surface area contributed by atoms with Crippen LogP contribution in [0.4, 0.5) is 5.13 Å². The van der Waals surface area contributed by atoms with Gasteiger partial charge in [-0.1, -0.05) is 0 Å². The molecule has 1 aromatic rings. The van der Waals surface area contributed by atoms with Crippen molar-refractivity contribution in [3.05, 3.63) is 11.1 Å². The number of nitrogens with one attached hydrogen (secondary N) is 1. The molecular weight excluding hydrogens is 170 g/mol. The molecule has 1 aliphatic rings. The normalized spacial score (nSPS) is 17.5. The van der Waals surface area contributed by atoms with Gasteiger partial charge in [0.25, 0.3) is 0 Å². The summed E-state index contributed by atoms with van der Waals surface area (Å²) in [5.41, 5.74) is 1.12. The van der Waals surface area contributed by atoms with Crippen molar-refractivity contribution in [1.82, 2.24) is 10.3 Å². The number of hydrogen-bond donors (Lipinski definition) is 1. The first-order valence-corrected chi connectivity index (χ1v) is 5.01. The molecule has 1 aliphatic heterocycles. The summed E-state index contributed by atoms with van der Waals surface area (Å²) in [6.45, 7) is 4.22. The van der Waals surface area contributed by atoms with Crippen LogP contribution in [0.25, 0.3) is 0 Å². The van der Waals surface area contributed by atoms with Gasteiger partial charge in [0.2, 0.25) is 0 Å². The molecule has 0 amide bonds. The van der Waals surface area contributed by atoms with E-state index in [2.05, 4.69) is 27.6 Å². The van der Waals surface area contributed by atoms with Crippen LogP contribution in [0.2, 0.25) is 0 Å². The number of likely N-dealkylation sites (N-methyl/N-ethyl adjacent to an activating group) is 1. The summed E-state index contributed by atoms with van der Waals surface area (Å²) in [6.07, 6.45) is 0. The Morgan fingerprint density at radius 1 is 1.67 bits per heavy atom. The summed E-state index contributed by atoms with van der Waals surface area (Å²) in [6, 6.07) is 0.649. The molecule has 0 spiro atoms. The first-order valence-electron chi connectivity index (χ1n) is 4.13. The molecule has 1 N–H and O–H groups in total. The third kappa shape index (κ3) is 1.32. The van der Waals surface area contributed by atoms with Crippen molar-refractivity contribution in [3.8, 4) is 0 Å². The fraction of sp³-hybridized carbons (Fsp3) is 0.625. The summed E-state index contributed by atoms with van der Waals surface area (Å²) in [7, 11) is 2.11. The van der Waals surface area contributed by atoms with Crippen LogP contribution in [0.5, 0.6) is 0 Å². The highest BCUT2D eigenvalue weighted by atomic mass is 32.1. The van der Waals surface area contributed by atoms with Crippen LogP contribution < -0.4 is 10.2 Å². The molecule has 0 unspecified atom stereocenters. The molecule has 1 saturated heterocycles. The molecule has 0 aromatic carbocycles. The highest BCUT2D eigenvalue weighted by molar-refractivity contribution is 7.13. The van der Waals surface area contributed by atoms with Gasteiger partial charge in [0, 0.05) is 25.5 Å². The quantitative estimate of drug-likeness (QED) is 0.737. The maximum atomic E-state index is 4.43. The monoisotopic (exact) mass is 183 g/mol. The van der Waals surface area contributed by atoms with Crippen LogP contribution in [0, 0.1) is 6.92 Å². The highest BCUT2D eigenvalue weighted by Gasteiger charge is 2.23. The first-order chi connectivity index (χ1) is 5.77. The Labute approximate surface area is 76.4 Å². The fourth-order valence-corrected chi connectivity index (χ4v) is 2.05. The van der Waals surface area contributed by atoms with Gasteiger partial charge >= 0.3 is 0 Å². The molecular formula is C8H13N3S. The van der Waals surface area contributed by atoms with Crippen LogP contribution in [-0.4, -0.2) is 31.2 Å². The Morgan fingerprint density at radius 3 is 2.83 bits per heavy atom. The van der Waals surface area contributed by atoms with Crippen molar-refractivity contribution in [2.45, 2.75) is 13.0 Å². The van der Waals surface area contributed by atoms with E-state index in [4.69, 9.17) is 0 Å². The molecule has 4 heteroatoms. The van der Waals surface area contributed by atoms with Crippen LogP contribution >= 0.6 is 11.3 Å². The van der Waals surface area contributed by atoms with Crippen molar-refractivity contribution in [2.75, 3.05) is 25.0 Å². The molecule has 0 saturated carbocycles. The summed E-state index contributed by atoms with van der Waals surface area (Å²) >= 11 is 1.72. The second kappa shape index (κ2) is 3.03. The van der Waals surface area contributed by atoms with E-state index in [0.29, 0.717) is 6.04 Å². The third-order valence-corrected chi connectivity index (χ3v) is 3.27. The molecule has 1 aromatic heterocycles. The first kappa shape index (κ1) is 8.01. The summed E-state index contributed by atoms with van der Waals surface area (Å²) in [5, 5.41) is 6.49. The minimum absolute atomic E-state index is 0.649. The average molecular weight is 183 g/mol. The maximum Gasteiger partial charge on any atom is 0.185 e. The Balaban J connectivity index is 2.08. The Bertz CT molecular complexity index is 267. The van der Waals surface area contributed by atoms with Crippen LogP contribution in [0.15, 0.2) is 5.38 Å². The molecule has 3 nitrogen and oxygen atoms in total. The lowest BCUT2D eigenvalue weighted by Gasteiger charge is -2.35. The molecule has 66 valence electrons. The third-order valence-electron chi connectivity index (χ3n) is 2.22. The smallest absolute Gasteiger partial charge is 0.185 e. The van der Waals surface area contributed by atoms with Crippen molar-refractivity contribution in [1.29, 1.82) is 0 Å². The lowest BCUT2D eigenvalue weighted by Crippen LogP contribution is -2.56. The molecule has 0 aliphatic carbocycles. The van der Waals surface area contributed by atoms with Gasteiger partial charge in [-0.15, -0.1) is 11.3 Å². The van der Waals surface area contributed by atoms with Gasteiger partial charge in [-0.2, -0.15) is 0 Å². The molecule has 0 bridgehead atoms. The zero-order valence-corrected chi connectivity index (χ0v) is 8.19. The number of anilines is 1. The van der Waals surface area contributed by atoms with Crippen LogP contribution in [0.1, 0.15) is 5.69 Å². The molecule has 2 heterocycles. The Morgan fingerprint density at radius 2 is 2.42 bits per heavy atom. The van der Waals surface area contributed by atoms with E-state index in [1.165, 1.54) is 0 Å². The lowest BCUT2D eigenvalue weighted by atomic mass is 10.2. The topological polar surface area (TPSA) is 28.2 Å². The molecule has 12 heavy (non-hydrogen) atoms. The average Bonchev–Trinajstić information content (AvgIpc) is 2.31. The van der Waals surface area contributed by atoms with Gasteiger partial charge in [-0.05, 0) is 6.92 Å². The van der Waals surface area contributed by atoms with Gasteiger partial charge in [0.05, 0.1) is 11.7 Å². The SMILES string of the molecule is Cc1csc(N(C)C2CNC2)n1. The van der Waals surface area contributed by atoms with E-state index in [1.54, 1.807) is 11.3 Å². The number of nitrogens with zero attached hydrogens (tertiary/aromatic N) is 2. The maximum absolute atomic E-state index is 4.43. The summed E-state index contributed by atoms with van der Waals surface area (Å²) in [4.78, 5) is 6.69. The van der Waals surface area contributed by atoms with Gasteiger partial charge in [-0.3, -0.25) is 0 Å². The predicted octanol–water partition coefficient (Wildman–Crippen LogP) is 0.860. The summed E-state index contributed by atoms with van der Waals surface area (Å²) < 4.78 is 0. The summed E-state index contributed by atoms with van der Waals surface area (Å²) in [5.74, 6) is 0. The van der Waals surface area contributed by atoms with E-state index in [1.807, 2.05) is 6.92 Å². The predicted molar refractivity (Wildman–Crippen MR) is 51.9 cm³/mol. The minimum Gasteiger partial charge on any atom is -0.346 e. The van der Waals surface area contributed by atoms with Crippen molar-refractivity contribution < 1.29 is 0 Å². The van der Waals surface area contributed by atoms with Crippen molar-refractivity contribution >= 4 is 16.5 Å². The Hall–Kier alpha value is -0.610. The van der Waals surface area contributed by atoms with Gasteiger partial charge in [0.15, 0.2) is 5.13 Å². The molecule has 0 atom stereocenters. The van der Waals surface area contributed by atoms with E-state index >= 15 is 0 Å². The van der Waals surface area contributed by atoms with E-state index in [9.17, 15) is 0 Å². The second-order valence-corrected chi connectivity index (χ2v) is 4.03. The Kier molecular flexibility index (Phi) is 2.02. The number of aryl methyl sites for hydroxylation is 1.